The SMILES string of the molecule is O=C1C[C@H]2c3ccccc3CCN2C[C@@H]1N1C[C@@H](CF)CC1=O. The third kappa shape index (κ3) is 2.47. The highest BCUT2D eigenvalue weighted by Crippen LogP contribution is 2.37. The van der Waals surface area contributed by atoms with Crippen LogP contribution in [-0.4, -0.2) is 53.8 Å². The van der Waals surface area contributed by atoms with Crippen LogP contribution in [0.3, 0.4) is 0 Å². The van der Waals surface area contributed by atoms with E-state index in [0.29, 0.717) is 19.5 Å². The zero-order valence-electron chi connectivity index (χ0n) is 13.1. The summed E-state index contributed by atoms with van der Waals surface area (Å²) in [5, 5.41) is 0. The van der Waals surface area contributed by atoms with E-state index in [2.05, 4.69) is 17.0 Å². The van der Waals surface area contributed by atoms with Gasteiger partial charge in [-0.05, 0) is 17.5 Å². The molecule has 0 aromatic heterocycles. The highest BCUT2D eigenvalue weighted by Gasteiger charge is 2.44. The smallest absolute Gasteiger partial charge is 0.223 e. The number of ketones is 1. The summed E-state index contributed by atoms with van der Waals surface area (Å²) in [4.78, 5) is 28.8. The molecule has 2 saturated heterocycles. The molecule has 4 nitrogen and oxygen atoms in total. The maximum atomic E-state index is 12.9. The maximum Gasteiger partial charge on any atom is 0.223 e. The van der Waals surface area contributed by atoms with Crippen LogP contribution in [-0.2, 0) is 16.0 Å². The average Bonchev–Trinajstić information content (AvgIpc) is 2.95. The number of alkyl halides is 1. The number of amides is 1. The van der Waals surface area contributed by atoms with E-state index in [4.69, 9.17) is 0 Å². The Hall–Kier alpha value is -1.75. The Kier molecular flexibility index (Phi) is 3.68. The fraction of sp³-hybridized carbons (Fsp3) is 0.556. The first-order valence-electron chi connectivity index (χ1n) is 8.37. The minimum Gasteiger partial charge on any atom is -0.331 e. The molecule has 0 spiro atoms. The van der Waals surface area contributed by atoms with E-state index in [1.807, 2.05) is 12.1 Å². The first-order valence-corrected chi connectivity index (χ1v) is 8.37. The summed E-state index contributed by atoms with van der Waals surface area (Å²) in [6.07, 6.45) is 1.67. The van der Waals surface area contributed by atoms with Gasteiger partial charge in [-0.1, -0.05) is 24.3 Å². The molecule has 1 amide bonds. The second kappa shape index (κ2) is 5.71. The zero-order valence-corrected chi connectivity index (χ0v) is 13.1. The predicted molar refractivity (Wildman–Crippen MR) is 83.7 cm³/mol. The van der Waals surface area contributed by atoms with Gasteiger partial charge in [0.25, 0.3) is 0 Å². The van der Waals surface area contributed by atoms with Gasteiger partial charge in [0.15, 0.2) is 5.78 Å². The molecule has 0 bridgehead atoms. The van der Waals surface area contributed by atoms with E-state index >= 15 is 0 Å². The molecule has 3 aliphatic rings. The van der Waals surface area contributed by atoms with E-state index in [0.717, 1.165) is 13.0 Å². The molecule has 0 aliphatic carbocycles. The van der Waals surface area contributed by atoms with Crippen molar-refractivity contribution in [1.82, 2.24) is 9.80 Å². The average molecular weight is 316 g/mol. The van der Waals surface area contributed by atoms with Crippen molar-refractivity contribution in [2.24, 2.45) is 5.92 Å². The van der Waals surface area contributed by atoms with E-state index in [-0.39, 0.29) is 36.1 Å². The first kappa shape index (κ1) is 14.8. The Morgan fingerprint density at radius 2 is 1.91 bits per heavy atom. The summed E-state index contributed by atoms with van der Waals surface area (Å²) < 4.78 is 12.9. The van der Waals surface area contributed by atoms with E-state index in [9.17, 15) is 14.0 Å². The van der Waals surface area contributed by atoms with Crippen molar-refractivity contribution in [3.05, 3.63) is 35.4 Å². The number of hydrogen-bond acceptors (Lipinski definition) is 3. The van der Waals surface area contributed by atoms with Gasteiger partial charge >= 0.3 is 0 Å². The molecule has 3 aliphatic heterocycles. The Balaban J connectivity index is 1.55. The lowest BCUT2D eigenvalue weighted by Crippen LogP contribution is -2.56. The van der Waals surface area contributed by atoms with Crippen molar-refractivity contribution in [3.63, 3.8) is 0 Å². The van der Waals surface area contributed by atoms with Crippen LogP contribution in [0.15, 0.2) is 24.3 Å². The van der Waals surface area contributed by atoms with Crippen molar-refractivity contribution >= 4 is 11.7 Å². The van der Waals surface area contributed by atoms with Gasteiger partial charge in [-0.25, -0.2) is 0 Å². The molecule has 23 heavy (non-hydrogen) atoms. The van der Waals surface area contributed by atoms with Gasteiger partial charge in [0.1, 0.15) is 6.04 Å². The molecule has 3 heterocycles. The van der Waals surface area contributed by atoms with Crippen LogP contribution in [0.2, 0.25) is 0 Å². The van der Waals surface area contributed by atoms with Crippen molar-refractivity contribution in [3.8, 4) is 0 Å². The van der Waals surface area contributed by atoms with Crippen molar-refractivity contribution < 1.29 is 14.0 Å². The molecule has 4 rings (SSSR count). The summed E-state index contributed by atoms with van der Waals surface area (Å²) >= 11 is 0. The highest BCUT2D eigenvalue weighted by atomic mass is 19.1. The maximum absolute atomic E-state index is 12.9. The van der Waals surface area contributed by atoms with Gasteiger partial charge < -0.3 is 4.90 Å². The van der Waals surface area contributed by atoms with Crippen molar-refractivity contribution in [2.45, 2.75) is 31.3 Å². The van der Waals surface area contributed by atoms with Crippen LogP contribution in [0.1, 0.15) is 30.0 Å². The number of hydrogen-bond donors (Lipinski definition) is 0. The monoisotopic (exact) mass is 316 g/mol. The lowest BCUT2D eigenvalue weighted by atomic mass is 9.84. The number of likely N-dealkylation sites (tertiary alicyclic amines) is 1. The van der Waals surface area contributed by atoms with Gasteiger partial charge in [0.2, 0.25) is 5.91 Å². The third-order valence-corrected chi connectivity index (χ3v) is 5.53. The fourth-order valence-corrected chi connectivity index (χ4v) is 4.30. The largest absolute Gasteiger partial charge is 0.331 e. The topological polar surface area (TPSA) is 40.6 Å². The summed E-state index contributed by atoms with van der Waals surface area (Å²) in [7, 11) is 0. The van der Waals surface area contributed by atoms with E-state index < -0.39 is 6.67 Å². The first-order chi connectivity index (χ1) is 11.2. The molecule has 1 aromatic carbocycles. The number of Topliss-reactive ketones (excluding diaryl/α,β-unsaturated/α-hetero) is 1. The third-order valence-electron chi connectivity index (χ3n) is 5.53. The quantitative estimate of drug-likeness (QED) is 0.834. The Bertz CT molecular complexity index is 648. The van der Waals surface area contributed by atoms with Crippen molar-refractivity contribution in [1.29, 1.82) is 0 Å². The molecule has 0 N–H and O–H groups in total. The Morgan fingerprint density at radius 1 is 1.09 bits per heavy atom. The van der Waals surface area contributed by atoms with Gasteiger partial charge in [-0.3, -0.25) is 18.9 Å². The molecule has 0 radical (unpaired) electrons. The predicted octanol–water partition coefficient (Wildman–Crippen LogP) is 1.75. The zero-order chi connectivity index (χ0) is 16.0. The van der Waals surface area contributed by atoms with Gasteiger partial charge in [0.05, 0.1) is 6.67 Å². The lowest BCUT2D eigenvalue weighted by Gasteiger charge is -2.44. The van der Waals surface area contributed by atoms with Crippen LogP contribution in [0.25, 0.3) is 0 Å². The van der Waals surface area contributed by atoms with Crippen LogP contribution < -0.4 is 0 Å². The summed E-state index contributed by atoms with van der Waals surface area (Å²) in [5.74, 6) is -0.187. The molecule has 0 unspecified atom stereocenters. The number of halogens is 1. The van der Waals surface area contributed by atoms with Crippen molar-refractivity contribution in [2.75, 3.05) is 26.3 Å². The second-order valence-corrected chi connectivity index (χ2v) is 6.92. The van der Waals surface area contributed by atoms with Crippen LogP contribution in [0.5, 0.6) is 0 Å². The Morgan fingerprint density at radius 3 is 2.70 bits per heavy atom. The van der Waals surface area contributed by atoms with E-state index in [1.165, 1.54) is 11.1 Å². The number of carbonyl (C=O) groups is 2. The normalized spacial score (nSPS) is 31.2. The van der Waals surface area contributed by atoms with Gasteiger partial charge in [-0.15, -0.1) is 0 Å². The lowest BCUT2D eigenvalue weighted by molar-refractivity contribution is -0.140. The molecular formula is C18H21FN2O2. The number of fused-ring (bicyclic) bond motifs is 3. The molecule has 5 heteroatoms. The fourth-order valence-electron chi connectivity index (χ4n) is 4.30. The van der Waals surface area contributed by atoms with Crippen LogP contribution >= 0.6 is 0 Å². The number of piperidine rings is 1. The number of benzene rings is 1. The minimum absolute atomic E-state index is 0.0677. The molecule has 122 valence electrons. The van der Waals surface area contributed by atoms with Crippen LogP contribution in [0, 0.1) is 5.92 Å². The molecule has 3 atom stereocenters. The molecule has 2 fully saturated rings. The number of rotatable bonds is 2. The van der Waals surface area contributed by atoms with Gasteiger partial charge in [0, 0.05) is 44.4 Å². The highest BCUT2D eigenvalue weighted by molar-refractivity contribution is 5.91. The van der Waals surface area contributed by atoms with Crippen LogP contribution in [0.4, 0.5) is 4.39 Å². The molecule has 1 aromatic rings. The number of carbonyl (C=O) groups excluding carboxylic acids is 2. The number of nitrogens with zero attached hydrogens (tertiary/aromatic N) is 2. The Labute approximate surface area is 135 Å². The van der Waals surface area contributed by atoms with E-state index in [1.54, 1.807) is 4.90 Å². The second-order valence-electron chi connectivity index (χ2n) is 6.92. The summed E-state index contributed by atoms with van der Waals surface area (Å²) in [6, 6.07) is 8.06. The van der Waals surface area contributed by atoms with Gasteiger partial charge in [-0.2, -0.15) is 0 Å². The molecular weight excluding hydrogens is 295 g/mol. The summed E-state index contributed by atoms with van der Waals surface area (Å²) in [5.41, 5.74) is 2.58. The minimum atomic E-state index is -0.483. The molecule has 0 saturated carbocycles. The summed E-state index contributed by atoms with van der Waals surface area (Å²) in [6.45, 7) is 1.41. The standard InChI is InChI=1S/C18H21FN2O2/c19-9-12-7-18(23)21(10-12)16-11-20-6-5-13-3-1-2-4-14(13)15(20)8-17(16)22/h1-4,12,15-16H,5-11H2/t12-,15+,16+/m1/s1.